The predicted molar refractivity (Wildman–Crippen MR) is 108 cm³/mol. The van der Waals surface area contributed by atoms with Crippen LogP contribution < -0.4 is 0 Å². The molecule has 0 radical (unpaired) electrons. The summed E-state index contributed by atoms with van der Waals surface area (Å²) in [5.41, 5.74) is 3.07. The second-order valence-electron chi connectivity index (χ2n) is 7.54. The lowest BCUT2D eigenvalue weighted by molar-refractivity contribution is -0.119. The molecule has 2 aromatic heterocycles. The first kappa shape index (κ1) is 17.9. The highest BCUT2D eigenvalue weighted by Gasteiger charge is 2.15. The lowest BCUT2D eigenvalue weighted by Gasteiger charge is -2.25. The Hall–Kier alpha value is -2.53. The van der Waals surface area contributed by atoms with Crippen molar-refractivity contribution in [3.8, 4) is 11.3 Å². The molecule has 0 spiro atoms. The molecule has 0 saturated carbocycles. The van der Waals surface area contributed by atoms with Crippen molar-refractivity contribution in [2.75, 3.05) is 19.6 Å². The second-order valence-corrected chi connectivity index (χ2v) is 7.54. The summed E-state index contributed by atoms with van der Waals surface area (Å²) >= 11 is 0. The number of rotatable bonds is 5. The van der Waals surface area contributed by atoms with E-state index in [1.165, 1.54) is 19.3 Å². The number of benzene rings is 1. The van der Waals surface area contributed by atoms with Crippen LogP contribution >= 0.6 is 0 Å². The Balaban J connectivity index is 1.53. The zero-order valence-corrected chi connectivity index (χ0v) is 16.1. The van der Waals surface area contributed by atoms with Crippen molar-refractivity contribution < 1.29 is 4.79 Å². The van der Waals surface area contributed by atoms with E-state index in [9.17, 15) is 4.79 Å². The quantitative estimate of drug-likeness (QED) is 0.697. The van der Waals surface area contributed by atoms with Gasteiger partial charge in [0.05, 0.1) is 24.9 Å². The number of nitrogens with zero attached hydrogens (tertiary/aromatic N) is 4. The van der Waals surface area contributed by atoms with Gasteiger partial charge in [-0.25, -0.2) is 4.98 Å². The van der Waals surface area contributed by atoms with Crippen molar-refractivity contribution in [3.05, 3.63) is 48.2 Å². The monoisotopic (exact) mass is 362 g/mol. The summed E-state index contributed by atoms with van der Waals surface area (Å²) < 4.78 is 2.09. The molecule has 0 aliphatic carbocycles. The number of piperidine rings is 1. The number of carbonyl (C=O) groups is 1. The maximum Gasteiger partial charge on any atom is 0.152 e. The molecule has 5 nitrogen and oxygen atoms in total. The molecule has 3 heterocycles. The first-order chi connectivity index (χ1) is 13.1. The molecule has 1 saturated heterocycles. The third-order valence-corrected chi connectivity index (χ3v) is 5.52. The van der Waals surface area contributed by atoms with Crippen LogP contribution in [0.25, 0.3) is 22.0 Å². The Morgan fingerprint density at radius 2 is 1.85 bits per heavy atom. The fourth-order valence-corrected chi connectivity index (χ4v) is 3.84. The molecule has 4 rings (SSSR count). The Bertz CT molecular complexity index is 970. The Morgan fingerprint density at radius 1 is 1.04 bits per heavy atom. The van der Waals surface area contributed by atoms with E-state index < -0.39 is 0 Å². The summed E-state index contributed by atoms with van der Waals surface area (Å²) in [7, 11) is 2.03. The van der Waals surface area contributed by atoms with Crippen molar-refractivity contribution in [1.29, 1.82) is 0 Å². The van der Waals surface area contributed by atoms with Gasteiger partial charge in [0.25, 0.3) is 0 Å². The number of pyridine rings is 1. The summed E-state index contributed by atoms with van der Waals surface area (Å²) in [5.74, 6) is 1.24. The van der Waals surface area contributed by atoms with Gasteiger partial charge >= 0.3 is 0 Å². The van der Waals surface area contributed by atoms with Gasteiger partial charge < -0.3 is 4.57 Å². The maximum atomic E-state index is 12.5. The number of Topliss-reactive ketones (excluding diaryl/α,β-unsaturated/α-hetero) is 1. The molecular formula is C22H26N4O. The van der Waals surface area contributed by atoms with E-state index in [1.807, 2.05) is 26.4 Å². The van der Waals surface area contributed by atoms with Crippen molar-refractivity contribution in [2.24, 2.45) is 7.05 Å². The van der Waals surface area contributed by atoms with Gasteiger partial charge in [-0.2, -0.15) is 0 Å². The van der Waals surface area contributed by atoms with E-state index in [0.29, 0.717) is 13.0 Å². The number of likely N-dealkylation sites (tertiary alicyclic amines) is 1. The molecule has 27 heavy (non-hydrogen) atoms. The lowest BCUT2D eigenvalue weighted by Crippen LogP contribution is -2.35. The van der Waals surface area contributed by atoms with E-state index >= 15 is 0 Å². The van der Waals surface area contributed by atoms with Crippen LogP contribution in [0.1, 0.15) is 30.8 Å². The Morgan fingerprint density at radius 3 is 2.59 bits per heavy atom. The summed E-state index contributed by atoms with van der Waals surface area (Å²) in [4.78, 5) is 23.6. The number of hydrogen-bond donors (Lipinski definition) is 0. The average Bonchev–Trinajstić information content (AvgIpc) is 3.01. The van der Waals surface area contributed by atoms with E-state index in [0.717, 1.165) is 46.6 Å². The molecule has 1 fully saturated rings. The van der Waals surface area contributed by atoms with Gasteiger partial charge in [-0.05, 0) is 50.4 Å². The van der Waals surface area contributed by atoms with Crippen LogP contribution in [-0.4, -0.2) is 44.9 Å². The summed E-state index contributed by atoms with van der Waals surface area (Å²) in [6, 6.07) is 8.39. The van der Waals surface area contributed by atoms with Gasteiger partial charge in [0.1, 0.15) is 5.82 Å². The van der Waals surface area contributed by atoms with Crippen LogP contribution in [0.15, 0.2) is 36.7 Å². The van der Waals surface area contributed by atoms with E-state index in [2.05, 4.69) is 43.7 Å². The highest BCUT2D eigenvalue weighted by Crippen LogP contribution is 2.25. The van der Waals surface area contributed by atoms with Crippen molar-refractivity contribution in [2.45, 2.75) is 32.6 Å². The molecule has 1 aliphatic heterocycles. The zero-order valence-electron chi connectivity index (χ0n) is 16.1. The zero-order chi connectivity index (χ0) is 18.8. The number of carbonyl (C=O) groups excluding carboxylic acids is 1. The normalized spacial score (nSPS) is 15.3. The molecule has 140 valence electrons. The first-order valence-electron chi connectivity index (χ1n) is 9.71. The highest BCUT2D eigenvalue weighted by molar-refractivity contribution is 5.88. The number of aryl methyl sites for hydroxylation is 1. The third-order valence-electron chi connectivity index (χ3n) is 5.52. The van der Waals surface area contributed by atoms with Gasteiger partial charge in [0, 0.05) is 29.9 Å². The van der Waals surface area contributed by atoms with Gasteiger partial charge in [0.2, 0.25) is 0 Å². The third kappa shape index (κ3) is 3.93. The molecular weight excluding hydrogens is 336 g/mol. The van der Waals surface area contributed by atoms with Crippen LogP contribution in [0.3, 0.4) is 0 Å². The van der Waals surface area contributed by atoms with E-state index in [1.54, 1.807) is 0 Å². The van der Waals surface area contributed by atoms with Crippen molar-refractivity contribution >= 4 is 16.6 Å². The molecule has 0 atom stereocenters. The topological polar surface area (TPSA) is 51.0 Å². The average molecular weight is 362 g/mol. The smallest absolute Gasteiger partial charge is 0.152 e. The minimum Gasteiger partial charge on any atom is -0.331 e. The fourth-order valence-electron chi connectivity index (χ4n) is 3.84. The van der Waals surface area contributed by atoms with Crippen molar-refractivity contribution in [3.63, 3.8) is 0 Å². The molecule has 0 amide bonds. The van der Waals surface area contributed by atoms with Crippen LogP contribution in [-0.2, 0) is 18.3 Å². The number of hydrogen-bond acceptors (Lipinski definition) is 4. The van der Waals surface area contributed by atoms with Gasteiger partial charge in [-0.1, -0.05) is 18.6 Å². The van der Waals surface area contributed by atoms with Gasteiger partial charge in [0.15, 0.2) is 5.78 Å². The molecule has 1 aromatic carbocycles. The maximum absolute atomic E-state index is 12.5. The van der Waals surface area contributed by atoms with Crippen LogP contribution in [0.5, 0.6) is 0 Å². The molecule has 3 aromatic rings. The molecule has 1 aliphatic rings. The first-order valence-corrected chi connectivity index (χ1v) is 9.71. The Labute approximate surface area is 160 Å². The van der Waals surface area contributed by atoms with E-state index in [-0.39, 0.29) is 5.78 Å². The number of imidazole rings is 1. The van der Waals surface area contributed by atoms with Gasteiger partial charge in [-0.3, -0.25) is 14.7 Å². The van der Waals surface area contributed by atoms with Gasteiger partial charge in [-0.15, -0.1) is 0 Å². The van der Waals surface area contributed by atoms with Crippen LogP contribution in [0.2, 0.25) is 0 Å². The lowest BCUT2D eigenvalue weighted by atomic mass is 10.0. The van der Waals surface area contributed by atoms with Crippen LogP contribution in [0.4, 0.5) is 0 Å². The standard InChI is InChI=1S/C22H26N4O/c1-16-23-14-22(25(16)2)17-6-7-18-13-24-20(11-19(18)10-17)12-21(27)15-26-8-4-3-5-9-26/h6-7,10-11,13-14H,3-5,8-9,12,15H2,1-2H3. The second kappa shape index (κ2) is 7.61. The van der Waals surface area contributed by atoms with Crippen LogP contribution in [0, 0.1) is 6.92 Å². The number of ketones is 1. The fraction of sp³-hybridized carbons (Fsp3) is 0.409. The largest absolute Gasteiger partial charge is 0.331 e. The molecule has 0 bridgehead atoms. The summed E-state index contributed by atoms with van der Waals surface area (Å²) in [5, 5.41) is 2.20. The minimum absolute atomic E-state index is 0.252. The summed E-state index contributed by atoms with van der Waals surface area (Å²) in [6.45, 7) is 4.64. The highest BCUT2D eigenvalue weighted by atomic mass is 16.1. The number of fused-ring (bicyclic) bond motifs is 1. The molecule has 0 unspecified atom stereocenters. The van der Waals surface area contributed by atoms with E-state index in [4.69, 9.17) is 0 Å². The SMILES string of the molecule is Cc1ncc(-c2ccc3cnc(CC(=O)CN4CCCCC4)cc3c2)n1C. The minimum atomic E-state index is 0.252. The summed E-state index contributed by atoms with van der Waals surface area (Å²) in [6.07, 6.45) is 7.88. The number of aromatic nitrogens is 3. The molecule has 5 heteroatoms. The molecule has 0 N–H and O–H groups in total. The Kier molecular flexibility index (Phi) is 5.03. The van der Waals surface area contributed by atoms with Crippen molar-refractivity contribution in [1.82, 2.24) is 19.4 Å². The predicted octanol–water partition coefficient (Wildman–Crippen LogP) is 3.54.